The minimum absolute atomic E-state index is 0.0187. The molecule has 178 valence electrons. The Morgan fingerprint density at radius 2 is 1.74 bits per heavy atom. The zero-order valence-electron chi connectivity index (χ0n) is 17.5. The molecule has 0 saturated carbocycles. The summed E-state index contributed by atoms with van der Waals surface area (Å²) in [6, 6.07) is 8.64. The Hall–Kier alpha value is -3.59. The van der Waals surface area contributed by atoms with Crippen LogP contribution in [0.25, 0.3) is 11.3 Å². The number of benzene rings is 1. The van der Waals surface area contributed by atoms with E-state index in [4.69, 9.17) is 5.26 Å². The molecule has 0 bridgehead atoms. The molecule has 6 nitrogen and oxygen atoms in total. The van der Waals surface area contributed by atoms with Crippen molar-refractivity contribution in [3.8, 4) is 17.3 Å². The van der Waals surface area contributed by atoms with E-state index in [1.165, 1.54) is 16.0 Å². The first-order valence-electron chi connectivity index (χ1n) is 10.2. The Morgan fingerprint density at radius 3 is 2.32 bits per heavy atom. The minimum Gasteiger partial charge on any atom is -0.353 e. The molecule has 1 aliphatic heterocycles. The van der Waals surface area contributed by atoms with Crippen molar-refractivity contribution in [3.05, 3.63) is 65.5 Å². The summed E-state index contributed by atoms with van der Waals surface area (Å²) >= 11 is 0. The van der Waals surface area contributed by atoms with Crippen molar-refractivity contribution >= 4 is 5.82 Å². The molecule has 12 heteroatoms. The number of alkyl halides is 6. The number of rotatable bonds is 4. The third kappa shape index (κ3) is 4.99. The average Bonchev–Trinajstić information content (AvgIpc) is 3.26. The van der Waals surface area contributed by atoms with E-state index in [0.717, 1.165) is 12.1 Å². The summed E-state index contributed by atoms with van der Waals surface area (Å²) in [6.07, 6.45) is -7.05. The Balaban J connectivity index is 1.53. The van der Waals surface area contributed by atoms with Crippen molar-refractivity contribution in [1.82, 2.24) is 20.1 Å². The van der Waals surface area contributed by atoms with Crippen LogP contribution in [0.3, 0.4) is 0 Å². The maximum atomic E-state index is 13.9. The molecule has 0 spiro atoms. The topological polar surface area (TPSA) is 71.8 Å². The highest BCUT2D eigenvalue weighted by molar-refractivity contribution is 5.63. The van der Waals surface area contributed by atoms with Crippen LogP contribution in [0.5, 0.6) is 0 Å². The lowest BCUT2D eigenvalue weighted by Gasteiger charge is -2.42. The van der Waals surface area contributed by atoms with Crippen LogP contribution < -0.4 is 4.90 Å². The molecule has 0 radical (unpaired) electrons. The molecule has 3 aromatic rings. The van der Waals surface area contributed by atoms with Gasteiger partial charge in [-0.1, -0.05) is 12.1 Å². The van der Waals surface area contributed by atoms with Crippen LogP contribution in [0, 0.1) is 11.3 Å². The Morgan fingerprint density at radius 1 is 1.00 bits per heavy atom. The van der Waals surface area contributed by atoms with Crippen molar-refractivity contribution in [2.75, 3.05) is 24.5 Å². The molecule has 1 aliphatic rings. The van der Waals surface area contributed by atoms with Crippen LogP contribution in [0.15, 0.2) is 48.8 Å². The summed E-state index contributed by atoms with van der Waals surface area (Å²) in [4.78, 5) is 6.35. The number of nitrogens with one attached hydrogen (secondary N) is 1. The predicted molar refractivity (Wildman–Crippen MR) is 110 cm³/mol. The van der Waals surface area contributed by atoms with Gasteiger partial charge in [0.05, 0.1) is 29.1 Å². The van der Waals surface area contributed by atoms with Crippen LogP contribution in [0.4, 0.5) is 32.2 Å². The molecule has 1 atom stereocenters. The van der Waals surface area contributed by atoms with Gasteiger partial charge in [0.25, 0.3) is 0 Å². The van der Waals surface area contributed by atoms with Crippen LogP contribution in [-0.2, 0) is 12.7 Å². The Labute approximate surface area is 190 Å². The minimum atomic E-state index is -4.57. The number of aromatic nitrogens is 3. The summed E-state index contributed by atoms with van der Waals surface area (Å²) in [5, 5.41) is 15.7. The fourth-order valence-electron chi connectivity index (χ4n) is 3.88. The van der Waals surface area contributed by atoms with E-state index in [2.05, 4.69) is 15.2 Å². The second kappa shape index (κ2) is 8.98. The third-order valence-corrected chi connectivity index (χ3v) is 5.66. The number of piperazine rings is 1. The molecule has 2 aromatic heterocycles. The Bertz CT molecular complexity index is 1160. The maximum Gasteiger partial charge on any atom is 0.417 e. The van der Waals surface area contributed by atoms with Gasteiger partial charge in [0, 0.05) is 37.9 Å². The van der Waals surface area contributed by atoms with Gasteiger partial charge >= 0.3 is 12.4 Å². The molecule has 1 aromatic carbocycles. The fraction of sp³-hybridized carbons (Fsp3) is 0.318. The van der Waals surface area contributed by atoms with Crippen molar-refractivity contribution in [2.45, 2.75) is 24.9 Å². The number of pyridine rings is 1. The average molecular weight is 480 g/mol. The van der Waals surface area contributed by atoms with Gasteiger partial charge in [-0.2, -0.15) is 36.7 Å². The van der Waals surface area contributed by atoms with Gasteiger partial charge in [0.1, 0.15) is 11.9 Å². The summed E-state index contributed by atoms with van der Waals surface area (Å²) < 4.78 is 80.2. The van der Waals surface area contributed by atoms with Crippen LogP contribution >= 0.6 is 0 Å². The molecule has 4 rings (SSSR count). The number of hydrogen-bond acceptors (Lipinski definition) is 5. The smallest absolute Gasteiger partial charge is 0.353 e. The van der Waals surface area contributed by atoms with Crippen LogP contribution in [0.1, 0.15) is 16.7 Å². The van der Waals surface area contributed by atoms with Crippen molar-refractivity contribution in [2.24, 2.45) is 0 Å². The summed E-state index contributed by atoms with van der Waals surface area (Å²) in [5.74, 6) is 0.0588. The van der Waals surface area contributed by atoms with Gasteiger partial charge in [0.2, 0.25) is 0 Å². The van der Waals surface area contributed by atoms with Gasteiger partial charge in [-0.3, -0.25) is 10.00 Å². The second-order valence-corrected chi connectivity index (χ2v) is 7.84. The molecule has 0 amide bonds. The number of halogens is 6. The van der Waals surface area contributed by atoms with E-state index in [-0.39, 0.29) is 25.5 Å². The van der Waals surface area contributed by atoms with E-state index in [9.17, 15) is 26.3 Å². The molecule has 0 aliphatic carbocycles. The van der Waals surface area contributed by atoms with Gasteiger partial charge < -0.3 is 4.90 Å². The van der Waals surface area contributed by atoms with Crippen molar-refractivity contribution in [1.29, 1.82) is 5.26 Å². The first-order valence-corrected chi connectivity index (χ1v) is 10.2. The van der Waals surface area contributed by atoms with Crippen molar-refractivity contribution in [3.63, 3.8) is 0 Å². The number of aromatic amines is 1. The SMILES string of the molecule is N#Cc1ccc(-c2[nH]ncc2CN2CCN(c3ccc(C(F)(F)F)cn3)C[C@@H]2C(F)(F)F)cc1. The van der Waals surface area contributed by atoms with Crippen molar-refractivity contribution < 1.29 is 26.3 Å². The van der Waals surface area contributed by atoms with Gasteiger partial charge in [-0.05, 0) is 29.8 Å². The standard InChI is InChI=1S/C22H18F6N6/c23-21(24,25)17-5-6-19(30-11-17)34-8-7-33(18(13-34)22(26,27)28)12-16-10-31-32-20(16)15-3-1-14(9-29)2-4-15/h1-6,10-11,18H,7-8,12-13H2,(H,31,32)/t18-/m1/s1. The molecule has 0 unspecified atom stereocenters. The molecule has 3 heterocycles. The van der Waals surface area contributed by atoms with E-state index in [0.29, 0.717) is 28.6 Å². The number of hydrogen-bond donors (Lipinski definition) is 1. The largest absolute Gasteiger partial charge is 0.417 e. The number of nitrogens with zero attached hydrogens (tertiary/aromatic N) is 5. The van der Waals surface area contributed by atoms with E-state index in [1.54, 1.807) is 24.3 Å². The molecular formula is C22H18F6N6. The molecule has 1 N–H and O–H groups in total. The lowest BCUT2D eigenvalue weighted by Crippen LogP contribution is -2.58. The molecule has 1 saturated heterocycles. The highest BCUT2D eigenvalue weighted by atomic mass is 19.4. The molecule has 34 heavy (non-hydrogen) atoms. The first kappa shape index (κ1) is 23.6. The number of nitriles is 1. The molecular weight excluding hydrogens is 462 g/mol. The van der Waals surface area contributed by atoms with Gasteiger partial charge in [-0.25, -0.2) is 4.98 Å². The zero-order valence-corrected chi connectivity index (χ0v) is 17.5. The lowest BCUT2D eigenvalue weighted by molar-refractivity contribution is -0.186. The van der Waals surface area contributed by atoms with Crippen LogP contribution in [0.2, 0.25) is 0 Å². The highest BCUT2D eigenvalue weighted by Crippen LogP contribution is 2.33. The third-order valence-electron chi connectivity index (χ3n) is 5.66. The number of anilines is 1. The number of H-pyrrole nitrogens is 1. The first-order chi connectivity index (χ1) is 16.1. The monoisotopic (exact) mass is 480 g/mol. The predicted octanol–water partition coefficient (Wildman–Crippen LogP) is 4.62. The highest BCUT2D eigenvalue weighted by Gasteiger charge is 2.47. The maximum absolute atomic E-state index is 13.9. The fourth-order valence-corrected chi connectivity index (χ4v) is 3.88. The quantitative estimate of drug-likeness (QED) is 0.552. The van der Waals surface area contributed by atoms with E-state index in [1.807, 2.05) is 6.07 Å². The van der Waals surface area contributed by atoms with E-state index < -0.39 is 30.5 Å². The Kier molecular flexibility index (Phi) is 6.22. The molecule has 1 fully saturated rings. The van der Waals surface area contributed by atoms with Crippen LogP contribution in [-0.4, -0.2) is 51.9 Å². The lowest BCUT2D eigenvalue weighted by atomic mass is 10.0. The van der Waals surface area contributed by atoms with E-state index >= 15 is 0 Å². The summed E-state index contributed by atoms with van der Waals surface area (Å²) in [6.45, 7) is -0.323. The summed E-state index contributed by atoms with van der Waals surface area (Å²) in [5.41, 5.74) is 1.28. The zero-order chi connectivity index (χ0) is 24.5. The normalized spacial score (nSPS) is 17.6. The van der Waals surface area contributed by atoms with Gasteiger partial charge in [0.15, 0.2) is 0 Å². The van der Waals surface area contributed by atoms with Gasteiger partial charge in [-0.15, -0.1) is 0 Å². The second-order valence-electron chi connectivity index (χ2n) is 7.84. The summed E-state index contributed by atoms with van der Waals surface area (Å²) in [7, 11) is 0.